The van der Waals surface area contributed by atoms with Crippen LogP contribution in [0.5, 0.6) is 5.88 Å². The highest BCUT2D eigenvalue weighted by molar-refractivity contribution is 6.99. The molecule has 1 aliphatic rings. The van der Waals surface area contributed by atoms with Gasteiger partial charge in [0.05, 0.1) is 31.9 Å². The Morgan fingerprint density at radius 3 is 2.00 bits per heavy atom. The van der Waals surface area contributed by atoms with Crippen LogP contribution < -0.4 is 4.74 Å². The largest absolute Gasteiger partial charge is 0.475 e. The van der Waals surface area contributed by atoms with Gasteiger partial charge in [-0.15, -0.1) is 4.37 Å². The number of quaternary nitrogens is 1. The molecule has 236 valence electrons. The Morgan fingerprint density at radius 1 is 0.854 bits per heavy atom. The molecule has 2 heterocycles. The second kappa shape index (κ2) is 21.3. The first-order valence-corrected chi connectivity index (χ1v) is 17.8. The van der Waals surface area contributed by atoms with Crippen molar-refractivity contribution in [1.29, 1.82) is 0 Å². The van der Waals surface area contributed by atoms with Gasteiger partial charge in [0, 0.05) is 24.3 Å². The number of aromatic nitrogens is 2. The van der Waals surface area contributed by atoms with Crippen molar-refractivity contribution in [3.8, 4) is 5.88 Å². The fraction of sp³-hybridized carbons (Fsp3) is 0.853. The van der Waals surface area contributed by atoms with Crippen molar-refractivity contribution in [2.45, 2.75) is 156 Å². The minimum Gasteiger partial charge on any atom is -0.475 e. The van der Waals surface area contributed by atoms with E-state index in [0.717, 1.165) is 50.0 Å². The number of carbonyl (C=O) groups excluding carboxylic acids is 1. The summed E-state index contributed by atoms with van der Waals surface area (Å²) in [6, 6.07) is 0. The molecule has 0 spiro atoms. The molecular weight excluding hydrogens is 530 g/mol. The lowest BCUT2D eigenvalue weighted by molar-refractivity contribution is -0.950. The first-order valence-electron chi connectivity index (χ1n) is 17.1. The summed E-state index contributed by atoms with van der Waals surface area (Å²) in [6.07, 6.45) is 25.2. The molecule has 1 aromatic rings. The summed E-state index contributed by atoms with van der Waals surface area (Å²) in [4.78, 5) is 12.9. The fourth-order valence-corrected chi connectivity index (χ4v) is 6.62. The summed E-state index contributed by atoms with van der Waals surface area (Å²) in [7, 11) is 2.22. The highest BCUT2D eigenvalue weighted by Crippen LogP contribution is 2.33. The summed E-state index contributed by atoms with van der Waals surface area (Å²) in [5.41, 5.74) is 2.03. The van der Waals surface area contributed by atoms with Gasteiger partial charge < -0.3 is 9.47 Å². The number of rotatable bonds is 24. The molecule has 0 fully saturated rings. The molecule has 0 aliphatic carbocycles. The summed E-state index contributed by atoms with van der Waals surface area (Å²) in [5, 5.41) is 0. The lowest BCUT2D eigenvalue weighted by Gasteiger charge is -2.44. The molecule has 0 saturated carbocycles. The third-order valence-electron chi connectivity index (χ3n) is 8.48. The van der Waals surface area contributed by atoms with E-state index in [1.807, 2.05) is 0 Å². The van der Waals surface area contributed by atoms with Gasteiger partial charge in [-0.1, -0.05) is 130 Å². The Kier molecular flexibility index (Phi) is 18.5. The normalized spacial score (nSPS) is 18.0. The number of unbranched alkanes of at least 4 members (excludes halogenated alkanes) is 15. The number of ether oxygens (including phenoxy) is 2. The zero-order chi connectivity index (χ0) is 29.8. The van der Waals surface area contributed by atoms with Crippen molar-refractivity contribution in [2.24, 2.45) is 5.92 Å². The van der Waals surface area contributed by atoms with E-state index in [-0.39, 0.29) is 18.1 Å². The standard InChI is InChI=1S/C34H62N3O3S/c1-6-8-10-12-13-14-15-16-17-18-19-20-21-25-31(38)40-34(29(3)4)37(5)26-23-24-30(28-37)32-33(36-41-35-32)39-27-22-11-9-7-2/h24,29,34H,6-23,25-28H2,1-5H3/q+1. The topological polar surface area (TPSA) is 61.3 Å². The zero-order valence-corrected chi connectivity index (χ0v) is 28.1. The van der Waals surface area contributed by atoms with Crippen LogP contribution in [-0.2, 0) is 9.53 Å². The molecule has 0 amide bonds. The predicted octanol–water partition coefficient (Wildman–Crippen LogP) is 9.74. The SMILES string of the molecule is CCCCCCCCCCCCCCCC(=O)OC(C(C)C)[N+]1(C)CCC=C(c2nsnc2OCCCCCC)C1. The predicted molar refractivity (Wildman–Crippen MR) is 173 cm³/mol. The van der Waals surface area contributed by atoms with Crippen molar-refractivity contribution in [3.63, 3.8) is 0 Å². The number of esters is 1. The number of likely N-dealkylation sites (N-methyl/N-ethyl adjacent to an activating group) is 1. The molecule has 2 unspecified atom stereocenters. The van der Waals surface area contributed by atoms with Crippen LogP contribution in [0.4, 0.5) is 0 Å². The average Bonchev–Trinajstić information content (AvgIpc) is 3.42. The van der Waals surface area contributed by atoms with E-state index in [1.54, 1.807) is 0 Å². The maximum Gasteiger partial charge on any atom is 0.310 e. The van der Waals surface area contributed by atoms with Crippen LogP contribution in [-0.4, -0.2) is 52.2 Å². The van der Waals surface area contributed by atoms with Gasteiger partial charge in [0.1, 0.15) is 12.2 Å². The summed E-state index contributed by atoms with van der Waals surface area (Å²) < 4.78 is 22.0. The van der Waals surface area contributed by atoms with Gasteiger partial charge in [0.15, 0.2) is 0 Å². The van der Waals surface area contributed by atoms with Crippen molar-refractivity contribution < 1.29 is 18.8 Å². The monoisotopic (exact) mass is 592 g/mol. The Balaban J connectivity index is 1.72. The second-order valence-electron chi connectivity index (χ2n) is 12.8. The van der Waals surface area contributed by atoms with Crippen molar-refractivity contribution in [1.82, 2.24) is 8.75 Å². The molecule has 0 aromatic carbocycles. The summed E-state index contributed by atoms with van der Waals surface area (Å²) >= 11 is 1.22. The summed E-state index contributed by atoms with van der Waals surface area (Å²) in [5.74, 6) is 0.846. The molecule has 41 heavy (non-hydrogen) atoms. The number of nitrogens with zero attached hydrogens (tertiary/aromatic N) is 3. The molecule has 1 aromatic heterocycles. The lowest BCUT2D eigenvalue weighted by atomic mass is 10.0. The van der Waals surface area contributed by atoms with E-state index in [2.05, 4.69) is 49.6 Å². The van der Waals surface area contributed by atoms with Crippen LogP contribution in [0, 0.1) is 5.92 Å². The van der Waals surface area contributed by atoms with E-state index < -0.39 is 0 Å². The van der Waals surface area contributed by atoms with Gasteiger partial charge in [-0.05, 0) is 12.8 Å². The molecule has 6 nitrogen and oxygen atoms in total. The Labute approximate surface area is 256 Å². The lowest BCUT2D eigenvalue weighted by Crippen LogP contribution is -2.58. The quantitative estimate of drug-likeness (QED) is 0.0679. The first-order chi connectivity index (χ1) is 19.9. The number of carbonyl (C=O) groups is 1. The first kappa shape index (κ1) is 35.7. The minimum absolute atomic E-state index is 0.0475. The highest BCUT2D eigenvalue weighted by Gasteiger charge is 2.41. The molecule has 2 rings (SSSR count). The van der Waals surface area contributed by atoms with Gasteiger partial charge in [0.2, 0.25) is 6.23 Å². The smallest absolute Gasteiger partial charge is 0.310 e. The van der Waals surface area contributed by atoms with Gasteiger partial charge >= 0.3 is 5.97 Å². The Bertz CT molecular complexity index is 856. The van der Waals surface area contributed by atoms with Gasteiger partial charge in [-0.25, -0.2) is 0 Å². The molecule has 2 atom stereocenters. The number of hydrogen-bond donors (Lipinski definition) is 0. The fourth-order valence-electron chi connectivity index (χ4n) is 6.09. The molecule has 7 heteroatoms. The van der Waals surface area contributed by atoms with E-state index in [9.17, 15) is 4.79 Å². The van der Waals surface area contributed by atoms with E-state index in [0.29, 0.717) is 23.4 Å². The van der Waals surface area contributed by atoms with Crippen LogP contribution in [0.2, 0.25) is 0 Å². The molecular formula is C34H62N3O3S+. The third-order valence-corrected chi connectivity index (χ3v) is 8.99. The van der Waals surface area contributed by atoms with Gasteiger partial charge in [-0.2, -0.15) is 4.37 Å². The van der Waals surface area contributed by atoms with E-state index in [1.165, 1.54) is 102 Å². The summed E-state index contributed by atoms with van der Waals surface area (Å²) in [6.45, 7) is 11.2. The second-order valence-corrected chi connectivity index (χ2v) is 13.4. The van der Waals surface area contributed by atoms with E-state index >= 15 is 0 Å². The average molecular weight is 593 g/mol. The maximum atomic E-state index is 12.9. The van der Waals surface area contributed by atoms with Crippen LogP contribution in [0.1, 0.15) is 155 Å². The molecule has 1 aliphatic heterocycles. The van der Waals surface area contributed by atoms with Crippen LogP contribution >= 0.6 is 11.7 Å². The molecule has 0 saturated heterocycles. The molecule has 0 radical (unpaired) electrons. The minimum atomic E-state index is -0.168. The highest BCUT2D eigenvalue weighted by atomic mass is 32.1. The Hall–Kier alpha value is -1.47. The van der Waals surface area contributed by atoms with Crippen molar-refractivity contribution in [2.75, 3.05) is 26.7 Å². The van der Waals surface area contributed by atoms with Gasteiger partial charge in [0.25, 0.3) is 5.88 Å². The number of hydrogen-bond acceptors (Lipinski definition) is 6. The zero-order valence-electron chi connectivity index (χ0n) is 27.3. The molecule has 0 N–H and O–H groups in total. The van der Waals surface area contributed by atoms with Crippen LogP contribution in [0.15, 0.2) is 6.08 Å². The van der Waals surface area contributed by atoms with E-state index in [4.69, 9.17) is 9.47 Å². The van der Waals surface area contributed by atoms with Crippen LogP contribution in [0.25, 0.3) is 5.57 Å². The van der Waals surface area contributed by atoms with Crippen LogP contribution in [0.3, 0.4) is 0 Å². The van der Waals surface area contributed by atoms with Crippen molar-refractivity contribution in [3.05, 3.63) is 11.8 Å². The molecule has 0 bridgehead atoms. The van der Waals surface area contributed by atoms with Gasteiger partial charge in [-0.3, -0.25) is 9.28 Å². The maximum absolute atomic E-state index is 12.9. The third kappa shape index (κ3) is 14.0. The Morgan fingerprint density at radius 2 is 1.41 bits per heavy atom. The van der Waals surface area contributed by atoms with Crippen molar-refractivity contribution >= 4 is 23.3 Å².